The number of benzene rings is 2. The van der Waals surface area contributed by atoms with Crippen molar-refractivity contribution in [3.05, 3.63) is 54.1 Å². The molecule has 1 unspecified atom stereocenters. The van der Waals surface area contributed by atoms with Crippen LogP contribution in [0.3, 0.4) is 0 Å². The quantitative estimate of drug-likeness (QED) is 0.859. The Hall–Kier alpha value is -2.82. The lowest BCUT2D eigenvalue weighted by molar-refractivity contribution is -0.121. The minimum atomic E-state index is -0.545. The number of anilines is 2. The van der Waals surface area contributed by atoms with Crippen LogP contribution in [0.1, 0.15) is 18.9 Å². The third-order valence-corrected chi connectivity index (χ3v) is 4.19. The Labute approximate surface area is 141 Å². The lowest BCUT2D eigenvalue weighted by Gasteiger charge is -2.18. The van der Waals surface area contributed by atoms with Crippen molar-refractivity contribution in [2.75, 3.05) is 17.3 Å². The van der Waals surface area contributed by atoms with Crippen LogP contribution in [0.15, 0.2) is 48.5 Å². The van der Waals surface area contributed by atoms with E-state index < -0.39 is 6.04 Å². The van der Waals surface area contributed by atoms with Crippen LogP contribution < -0.4 is 15.0 Å². The molecule has 1 saturated heterocycles. The molecule has 2 aromatic rings. The number of carbonyl (C=O) groups is 2. The summed E-state index contributed by atoms with van der Waals surface area (Å²) in [7, 11) is 1.55. The molecule has 5 heteroatoms. The van der Waals surface area contributed by atoms with Gasteiger partial charge in [0.25, 0.3) is 5.91 Å². The average molecular weight is 324 g/mol. The van der Waals surface area contributed by atoms with Crippen LogP contribution in [-0.4, -0.2) is 25.0 Å². The number of methoxy groups -OCH3 is 1. The summed E-state index contributed by atoms with van der Waals surface area (Å²) in [5.41, 5.74) is 2.56. The Bertz CT molecular complexity index is 773. The largest absolute Gasteiger partial charge is 0.497 e. The molecular weight excluding hydrogens is 304 g/mol. The van der Waals surface area contributed by atoms with Crippen LogP contribution in [0, 0.1) is 0 Å². The Morgan fingerprint density at radius 1 is 1.17 bits per heavy atom. The monoisotopic (exact) mass is 324 g/mol. The smallest absolute Gasteiger partial charge is 0.256 e. The molecule has 1 aliphatic rings. The Balaban J connectivity index is 1.83. The lowest BCUT2D eigenvalue weighted by Crippen LogP contribution is -2.35. The van der Waals surface area contributed by atoms with Crippen molar-refractivity contribution >= 4 is 23.2 Å². The molecule has 1 aliphatic heterocycles. The summed E-state index contributed by atoms with van der Waals surface area (Å²) in [6.45, 7) is 2.06. The third kappa shape index (κ3) is 2.97. The van der Waals surface area contributed by atoms with E-state index in [9.17, 15) is 9.59 Å². The van der Waals surface area contributed by atoms with Gasteiger partial charge in [-0.25, -0.2) is 4.90 Å². The normalized spacial score (nSPS) is 17.2. The molecule has 0 spiro atoms. The van der Waals surface area contributed by atoms with Gasteiger partial charge in [0.05, 0.1) is 19.2 Å². The van der Waals surface area contributed by atoms with Gasteiger partial charge in [-0.05, 0) is 30.2 Å². The van der Waals surface area contributed by atoms with Gasteiger partial charge in [-0.3, -0.25) is 9.59 Å². The molecular formula is C19H20N2O3. The fraction of sp³-hybridized carbons (Fsp3) is 0.263. The van der Waals surface area contributed by atoms with Gasteiger partial charge in [-0.1, -0.05) is 31.2 Å². The number of amides is 2. The van der Waals surface area contributed by atoms with E-state index in [1.807, 2.05) is 24.3 Å². The van der Waals surface area contributed by atoms with E-state index in [0.717, 1.165) is 17.7 Å². The molecule has 0 bridgehead atoms. The maximum Gasteiger partial charge on any atom is 0.256 e. The molecule has 1 fully saturated rings. The van der Waals surface area contributed by atoms with E-state index >= 15 is 0 Å². The molecule has 3 rings (SSSR count). The number of hydrogen-bond acceptors (Lipinski definition) is 4. The van der Waals surface area contributed by atoms with Gasteiger partial charge in [0, 0.05) is 11.8 Å². The first-order chi connectivity index (χ1) is 11.6. The van der Waals surface area contributed by atoms with E-state index in [2.05, 4.69) is 12.2 Å². The molecule has 2 aromatic carbocycles. The highest BCUT2D eigenvalue weighted by Gasteiger charge is 2.39. The SMILES string of the molecule is CCc1ccccc1NC1CC(=O)N(c2cccc(OC)c2)C1=O. The van der Waals surface area contributed by atoms with Gasteiger partial charge in [0.15, 0.2) is 0 Å². The molecule has 0 aliphatic carbocycles. The summed E-state index contributed by atoms with van der Waals surface area (Å²) in [5.74, 6) is 0.166. The molecule has 1 atom stereocenters. The Morgan fingerprint density at radius 3 is 2.71 bits per heavy atom. The average Bonchev–Trinajstić information content (AvgIpc) is 2.89. The molecule has 1 heterocycles. The van der Waals surface area contributed by atoms with Crippen molar-refractivity contribution in [2.45, 2.75) is 25.8 Å². The van der Waals surface area contributed by atoms with Crippen LogP contribution in [0.25, 0.3) is 0 Å². The predicted molar refractivity (Wildman–Crippen MR) is 93.3 cm³/mol. The highest BCUT2D eigenvalue weighted by atomic mass is 16.5. The zero-order valence-corrected chi connectivity index (χ0v) is 13.8. The second-order valence-corrected chi connectivity index (χ2v) is 5.68. The summed E-state index contributed by atoms with van der Waals surface area (Å²) < 4.78 is 5.17. The minimum Gasteiger partial charge on any atom is -0.497 e. The molecule has 0 radical (unpaired) electrons. The second-order valence-electron chi connectivity index (χ2n) is 5.68. The summed E-state index contributed by atoms with van der Waals surface area (Å²) in [5, 5.41) is 3.23. The van der Waals surface area contributed by atoms with Crippen LogP contribution >= 0.6 is 0 Å². The van der Waals surface area contributed by atoms with E-state index in [0.29, 0.717) is 11.4 Å². The van der Waals surface area contributed by atoms with Crippen molar-refractivity contribution in [1.29, 1.82) is 0 Å². The Kier molecular flexibility index (Phi) is 4.51. The lowest BCUT2D eigenvalue weighted by atomic mass is 10.1. The first-order valence-corrected chi connectivity index (χ1v) is 7.99. The Morgan fingerprint density at radius 2 is 1.96 bits per heavy atom. The molecule has 124 valence electrons. The first-order valence-electron chi connectivity index (χ1n) is 7.99. The highest BCUT2D eigenvalue weighted by molar-refractivity contribution is 6.23. The van der Waals surface area contributed by atoms with Crippen molar-refractivity contribution in [3.8, 4) is 5.75 Å². The zero-order valence-electron chi connectivity index (χ0n) is 13.8. The van der Waals surface area contributed by atoms with E-state index in [4.69, 9.17) is 4.74 Å². The minimum absolute atomic E-state index is 0.147. The first kappa shape index (κ1) is 16.1. The number of carbonyl (C=O) groups excluding carboxylic acids is 2. The molecule has 0 aromatic heterocycles. The van der Waals surface area contributed by atoms with Crippen LogP contribution in [-0.2, 0) is 16.0 Å². The fourth-order valence-electron chi connectivity index (χ4n) is 2.92. The molecule has 5 nitrogen and oxygen atoms in total. The summed E-state index contributed by atoms with van der Waals surface area (Å²) >= 11 is 0. The van der Waals surface area contributed by atoms with Gasteiger partial charge in [0.2, 0.25) is 5.91 Å². The van der Waals surface area contributed by atoms with Crippen molar-refractivity contribution in [2.24, 2.45) is 0 Å². The van der Waals surface area contributed by atoms with Crippen LogP contribution in [0.2, 0.25) is 0 Å². The van der Waals surface area contributed by atoms with Gasteiger partial charge in [0.1, 0.15) is 11.8 Å². The van der Waals surface area contributed by atoms with Gasteiger partial charge < -0.3 is 10.1 Å². The van der Waals surface area contributed by atoms with Gasteiger partial charge >= 0.3 is 0 Å². The summed E-state index contributed by atoms with van der Waals surface area (Å²) in [6, 6.07) is 14.3. The zero-order chi connectivity index (χ0) is 17.1. The maximum absolute atomic E-state index is 12.7. The number of nitrogens with zero attached hydrogens (tertiary/aromatic N) is 1. The number of nitrogens with one attached hydrogen (secondary N) is 1. The van der Waals surface area contributed by atoms with E-state index in [1.165, 1.54) is 4.90 Å². The number of para-hydroxylation sites is 1. The number of rotatable bonds is 5. The second kappa shape index (κ2) is 6.74. The van der Waals surface area contributed by atoms with Gasteiger partial charge in [-0.2, -0.15) is 0 Å². The standard InChI is InChI=1S/C19H20N2O3/c1-3-13-7-4-5-10-16(13)20-17-12-18(22)21(19(17)23)14-8-6-9-15(11-14)24-2/h4-11,17,20H,3,12H2,1-2H3. The summed E-state index contributed by atoms with van der Waals surface area (Å²) in [6.07, 6.45) is 1.01. The summed E-state index contributed by atoms with van der Waals surface area (Å²) in [4.78, 5) is 26.3. The number of ether oxygens (including phenoxy) is 1. The van der Waals surface area contributed by atoms with Crippen LogP contribution in [0.4, 0.5) is 11.4 Å². The highest BCUT2D eigenvalue weighted by Crippen LogP contribution is 2.28. The van der Waals surface area contributed by atoms with E-state index in [-0.39, 0.29) is 18.2 Å². The van der Waals surface area contributed by atoms with Crippen molar-refractivity contribution < 1.29 is 14.3 Å². The number of hydrogen-bond donors (Lipinski definition) is 1. The van der Waals surface area contributed by atoms with E-state index in [1.54, 1.807) is 31.4 Å². The number of aryl methyl sites for hydroxylation is 1. The predicted octanol–water partition coefficient (Wildman–Crippen LogP) is 3.00. The topological polar surface area (TPSA) is 58.6 Å². The number of imide groups is 1. The molecule has 0 saturated carbocycles. The van der Waals surface area contributed by atoms with Crippen molar-refractivity contribution in [1.82, 2.24) is 0 Å². The molecule has 24 heavy (non-hydrogen) atoms. The molecule has 1 N–H and O–H groups in total. The maximum atomic E-state index is 12.7. The molecule has 2 amide bonds. The van der Waals surface area contributed by atoms with Crippen molar-refractivity contribution in [3.63, 3.8) is 0 Å². The van der Waals surface area contributed by atoms with Gasteiger partial charge in [-0.15, -0.1) is 0 Å². The fourth-order valence-corrected chi connectivity index (χ4v) is 2.92. The van der Waals surface area contributed by atoms with Crippen LogP contribution in [0.5, 0.6) is 5.75 Å². The third-order valence-electron chi connectivity index (χ3n) is 4.19.